The van der Waals surface area contributed by atoms with Crippen LogP contribution in [-0.2, 0) is 6.54 Å². The Morgan fingerprint density at radius 2 is 2.21 bits per heavy atom. The standard InChI is InChI=1S/C14H15N3S2/c1-9-14(10(2)17-16-9)15-7-12-6-11(8-19-12)13-4-3-5-18-13/h3-6,8,15H,7H2,1-2H3,(H,16,17). The summed E-state index contributed by atoms with van der Waals surface area (Å²) in [7, 11) is 0. The van der Waals surface area contributed by atoms with Gasteiger partial charge in [-0.2, -0.15) is 5.10 Å². The molecule has 0 aliphatic rings. The number of nitrogens with zero attached hydrogens (tertiary/aromatic N) is 1. The fourth-order valence-corrected chi connectivity index (χ4v) is 3.65. The molecule has 3 heterocycles. The first-order chi connectivity index (χ1) is 9.24. The van der Waals surface area contributed by atoms with Crippen molar-refractivity contribution >= 4 is 28.4 Å². The molecule has 5 heteroatoms. The molecule has 3 nitrogen and oxygen atoms in total. The molecule has 0 aliphatic carbocycles. The SMILES string of the molecule is Cc1n[nH]c(C)c1NCc1cc(-c2cccs2)cs1. The van der Waals surface area contributed by atoms with E-state index in [4.69, 9.17) is 0 Å². The van der Waals surface area contributed by atoms with Gasteiger partial charge >= 0.3 is 0 Å². The molecule has 19 heavy (non-hydrogen) atoms. The maximum Gasteiger partial charge on any atom is 0.0825 e. The molecule has 0 aliphatic heterocycles. The smallest absolute Gasteiger partial charge is 0.0825 e. The first kappa shape index (κ1) is 12.4. The van der Waals surface area contributed by atoms with Gasteiger partial charge in [0.25, 0.3) is 0 Å². The zero-order valence-electron chi connectivity index (χ0n) is 10.9. The lowest BCUT2D eigenvalue weighted by atomic mass is 10.2. The minimum atomic E-state index is 0.844. The first-order valence-electron chi connectivity index (χ1n) is 6.11. The molecule has 0 atom stereocenters. The van der Waals surface area contributed by atoms with Crippen molar-refractivity contribution in [1.29, 1.82) is 0 Å². The number of thiophene rings is 2. The molecule has 3 aromatic heterocycles. The largest absolute Gasteiger partial charge is 0.377 e. The lowest BCUT2D eigenvalue weighted by Crippen LogP contribution is -1.99. The summed E-state index contributed by atoms with van der Waals surface area (Å²) in [6, 6.07) is 6.51. The molecule has 0 unspecified atom stereocenters. The number of rotatable bonds is 4. The van der Waals surface area contributed by atoms with Crippen LogP contribution in [0, 0.1) is 13.8 Å². The Bertz CT molecular complexity index is 645. The molecule has 0 amide bonds. The van der Waals surface area contributed by atoms with Gasteiger partial charge in [-0.3, -0.25) is 5.10 Å². The number of hydrogen-bond donors (Lipinski definition) is 2. The Balaban J connectivity index is 1.71. The molecule has 0 fully saturated rings. The molecular weight excluding hydrogens is 274 g/mol. The van der Waals surface area contributed by atoms with Gasteiger partial charge in [0.05, 0.1) is 17.1 Å². The van der Waals surface area contributed by atoms with E-state index in [1.165, 1.54) is 15.3 Å². The van der Waals surface area contributed by atoms with E-state index in [9.17, 15) is 0 Å². The van der Waals surface area contributed by atoms with Crippen LogP contribution in [0.1, 0.15) is 16.3 Å². The number of aromatic amines is 1. The Morgan fingerprint density at radius 3 is 2.89 bits per heavy atom. The third kappa shape index (κ3) is 2.57. The maximum absolute atomic E-state index is 4.19. The van der Waals surface area contributed by atoms with Gasteiger partial charge in [-0.25, -0.2) is 0 Å². The lowest BCUT2D eigenvalue weighted by molar-refractivity contribution is 1.02. The minimum absolute atomic E-state index is 0.844. The highest BCUT2D eigenvalue weighted by atomic mass is 32.1. The highest BCUT2D eigenvalue weighted by Gasteiger charge is 2.07. The van der Waals surface area contributed by atoms with E-state index in [1.807, 2.05) is 13.8 Å². The average molecular weight is 289 g/mol. The van der Waals surface area contributed by atoms with Crippen molar-refractivity contribution in [1.82, 2.24) is 10.2 Å². The molecule has 3 aromatic rings. The van der Waals surface area contributed by atoms with Gasteiger partial charge in [0.1, 0.15) is 0 Å². The van der Waals surface area contributed by atoms with Crippen LogP contribution in [0.5, 0.6) is 0 Å². The average Bonchev–Trinajstić information content (AvgIpc) is 3.10. The third-order valence-electron chi connectivity index (χ3n) is 3.03. The zero-order chi connectivity index (χ0) is 13.2. The normalized spacial score (nSPS) is 10.8. The van der Waals surface area contributed by atoms with E-state index in [1.54, 1.807) is 22.7 Å². The third-order valence-corrected chi connectivity index (χ3v) is 4.88. The number of anilines is 1. The van der Waals surface area contributed by atoms with E-state index < -0.39 is 0 Å². The summed E-state index contributed by atoms with van der Waals surface area (Å²) in [5.41, 5.74) is 4.54. The van der Waals surface area contributed by atoms with Gasteiger partial charge in [0, 0.05) is 21.9 Å². The van der Waals surface area contributed by atoms with Crippen LogP contribution >= 0.6 is 22.7 Å². The molecule has 3 rings (SSSR count). The quantitative estimate of drug-likeness (QED) is 0.746. The fourth-order valence-electron chi connectivity index (χ4n) is 2.03. The molecule has 0 spiro atoms. The van der Waals surface area contributed by atoms with E-state index >= 15 is 0 Å². The van der Waals surface area contributed by atoms with Crippen LogP contribution < -0.4 is 5.32 Å². The van der Waals surface area contributed by atoms with Crippen molar-refractivity contribution in [2.75, 3.05) is 5.32 Å². The molecule has 0 saturated carbocycles. The highest BCUT2D eigenvalue weighted by Crippen LogP contribution is 2.29. The number of H-pyrrole nitrogens is 1. The monoisotopic (exact) mass is 289 g/mol. The first-order valence-corrected chi connectivity index (χ1v) is 7.86. The maximum atomic E-state index is 4.19. The van der Waals surface area contributed by atoms with Gasteiger partial charge in [-0.1, -0.05) is 6.07 Å². The second-order valence-corrected chi connectivity index (χ2v) is 6.39. The Labute approximate surface area is 120 Å². The van der Waals surface area contributed by atoms with Crippen LogP contribution in [0.3, 0.4) is 0 Å². The van der Waals surface area contributed by atoms with Crippen molar-refractivity contribution in [2.24, 2.45) is 0 Å². The second kappa shape index (κ2) is 5.19. The Hall–Kier alpha value is -1.59. The summed E-state index contributed by atoms with van der Waals surface area (Å²) < 4.78 is 0. The van der Waals surface area contributed by atoms with Crippen molar-refractivity contribution in [2.45, 2.75) is 20.4 Å². The predicted molar refractivity (Wildman–Crippen MR) is 83.0 cm³/mol. The van der Waals surface area contributed by atoms with Crippen LogP contribution in [0.25, 0.3) is 10.4 Å². The second-order valence-electron chi connectivity index (χ2n) is 4.44. The van der Waals surface area contributed by atoms with Gasteiger partial charge in [0.15, 0.2) is 0 Å². The molecule has 98 valence electrons. The Kier molecular flexibility index (Phi) is 3.40. The highest BCUT2D eigenvalue weighted by molar-refractivity contribution is 7.14. The minimum Gasteiger partial charge on any atom is -0.377 e. The summed E-state index contributed by atoms with van der Waals surface area (Å²) in [4.78, 5) is 2.67. The number of aryl methyl sites for hydroxylation is 2. The van der Waals surface area contributed by atoms with E-state index in [0.29, 0.717) is 0 Å². The summed E-state index contributed by atoms with van der Waals surface area (Å²) in [6.07, 6.45) is 0. The van der Waals surface area contributed by atoms with Gasteiger partial charge < -0.3 is 5.32 Å². The van der Waals surface area contributed by atoms with Crippen LogP contribution in [-0.4, -0.2) is 10.2 Å². The fraction of sp³-hybridized carbons (Fsp3) is 0.214. The van der Waals surface area contributed by atoms with E-state index in [-0.39, 0.29) is 0 Å². The van der Waals surface area contributed by atoms with E-state index in [0.717, 1.165) is 23.6 Å². The summed E-state index contributed by atoms with van der Waals surface area (Å²) in [6.45, 7) is 4.89. The summed E-state index contributed by atoms with van der Waals surface area (Å²) in [5, 5.41) is 15.0. The number of aromatic nitrogens is 2. The van der Waals surface area contributed by atoms with Crippen molar-refractivity contribution in [3.63, 3.8) is 0 Å². The van der Waals surface area contributed by atoms with Gasteiger partial charge in [-0.05, 0) is 36.7 Å². The van der Waals surface area contributed by atoms with Gasteiger partial charge in [0.2, 0.25) is 0 Å². The molecule has 2 N–H and O–H groups in total. The summed E-state index contributed by atoms with van der Waals surface area (Å²) >= 11 is 3.58. The molecule has 0 bridgehead atoms. The number of hydrogen-bond acceptors (Lipinski definition) is 4. The van der Waals surface area contributed by atoms with Crippen LogP contribution in [0.4, 0.5) is 5.69 Å². The lowest BCUT2D eigenvalue weighted by Gasteiger charge is -2.04. The zero-order valence-corrected chi connectivity index (χ0v) is 12.5. The number of nitrogens with one attached hydrogen (secondary N) is 2. The molecule has 0 saturated heterocycles. The Morgan fingerprint density at radius 1 is 1.32 bits per heavy atom. The predicted octanol–water partition coefficient (Wildman–Crippen LogP) is 4.43. The molecular formula is C14H15N3S2. The summed E-state index contributed by atoms with van der Waals surface area (Å²) in [5.74, 6) is 0. The van der Waals surface area contributed by atoms with Crippen molar-refractivity contribution in [3.05, 3.63) is 45.2 Å². The topological polar surface area (TPSA) is 40.7 Å². The molecule has 0 aromatic carbocycles. The molecule has 0 radical (unpaired) electrons. The van der Waals surface area contributed by atoms with Gasteiger partial charge in [-0.15, -0.1) is 22.7 Å². The van der Waals surface area contributed by atoms with Crippen LogP contribution in [0.15, 0.2) is 29.0 Å². The van der Waals surface area contributed by atoms with Crippen molar-refractivity contribution in [3.8, 4) is 10.4 Å². The van der Waals surface area contributed by atoms with Crippen molar-refractivity contribution < 1.29 is 0 Å². The van der Waals surface area contributed by atoms with E-state index in [2.05, 4.69) is 44.5 Å². The van der Waals surface area contributed by atoms with Crippen LogP contribution in [0.2, 0.25) is 0 Å².